The molecule has 1 aliphatic heterocycles. The summed E-state index contributed by atoms with van der Waals surface area (Å²) in [6, 6.07) is 10.3. The molecule has 2 aromatic rings. The highest BCUT2D eigenvalue weighted by Gasteiger charge is 2.26. The van der Waals surface area contributed by atoms with Crippen molar-refractivity contribution in [1.29, 1.82) is 0 Å². The molecule has 1 aromatic carbocycles. The first-order valence-corrected chi connectivity index (χ1v) is 6.69. The third-order valence-electron chi connectivity index (χ3n) is 3.73. The molecule has 1 aromatic heterocycles. The normalized spacial score (nSPS) is 15.1. The van der Waals surface area contributed by atoms with Crippen LogP contribution in [0.4, 0.5) is 0 Å². The molecular weight excluding hydrogens is 254 g/mol. The SMILES string of the molecule is Cn1nc2c(c1C(=O)O)CCN(Cc1ccccc1)C2. The number of benzene rings is 1. The maximum Gasteiger partial charge on any atom is 0.354 e. The highest BCUT2D eigenvalue weighted by atomic mass is 16.4. The lowest BCUT2D eigenvalue weighted by atomic mass is 10.0. The Kier molecular flexibility index (Phi) is 3.28. The Labute approximate surface area is 117 Å². The van der Waals surface area contributed by atoms with Crippen LogP contribution in [0.3, 0.4) is 0 Å². The van der Waals surface area contributed by atoms with Crippen molar-refractivity contribution in [2.45, 2.75) is 19.5 Å². The van der Waals surface area contributed by atoms with Crippen LogP contribution >= 0.6 is 0 Å². The summed E-state index contributed by atoms with van der Waals surface area (Å²) in [6.45, 7) is 2.46. The second kappa shape index (κ2) is 5.09. The van der Waals surface area contributed by atoms with Gasteiger partial charge in [0.15, 0.2) is 0 Å². The molecule has 1 N–H and O–H groups in total. The molecule has 2 heterocycles. The van der Waals surface area contributed by atoms with Gasteiger partial charge in [0, 0.05) is 32.2 Å². The molecule has 3 rings (SSSR count). The summed E-state index contributed by atoms with van der Waals surface area (Å²) in [7, 11) is 1.70. The van der Waals surface area contributed by atoms with Crippen LogP contribution in [0.1, 0.15) is 27.3 Å². The van der Waals surface area contributed by atoms with Crippen LogP contribution in [0.2, 0.25) is 0 Å². The lowest BCUT2D eigenvalue weighted by Gasteiger charge is -2.26. The van der Waals surface area contributed by atoms with E-state index in [9.17, 15) is 9.90 Å². The summed E-state index contributed by atoms with van der Waals surface area (Å²) < 4.78 is 1.49. The molecule has 1 aliphatic rings. The first kappa shape index (κ1) is 12.9. The Morgan fingerprint density at radius 2 is 2.10 bits per heavy atom. The highest BCUT2D eigenvalue weighted by molar-refractivity contribution is 5.87. The van der Waals surface area contributed by atoms with Crippen molar-refractivity contribution in [1.82, 2.24) is 14.7 Å². The number of hydrogen-bond donors (Lipinski definition) is 1. The number of nitrogens with zero attached hydrogens (tertiary/aromatic N) is 3. The van der Waals surface area contributed by atoms with Crippen molar-refractivity contribution >= 4 is 5.97 Å². The molecule has 104 valence electrons. The molecular formula is C15H17N3O2. The number of carbonyl (C=O) groups is 1. The lowest BCUT2D eigenvalue weighted by molar-refractivity contribution is 0.0683. The number of hydrogen-bond acceptors (Lipinski definition) is 3. The van der Waals surface area contributed by atoms with E-state index >= 15 is 0 Å². The van der Waals surface area contributed by atoms with E-state index in [2.05, 4.69) is 22.1 Å². The van der Waals surface area contributed by atoms with Crippen molar-refractivity contribution in [2.24, 2.45) is 7.05 Å². The molecule has 0 fully saturated rings. The van der Waals surface area contributed by atoms with Crippen LogP contribution in [0.5, 0.6) is 0 Å². The molecule has 5 heteroatoms. The fourth-order valence-electron chi connectivity index (χ4n) is 2.82. The number of carboxylic acids is 1. The quantitative estimate of drug-likeness (QED) is 0.922. The minimum atomic E-state index is -0.891. The highest BCUT2D eigenvalue weighted by Crippen LogP contribution is 2.22. The van der Waals surface area contributed by atoms with Crippen molar-refractivity contribution in [2.75, 3.05) is 6.54 Å². The summed E-state index contributed by atoms with van der Waals surface area (Å²) in [5.41, 5.74) is 3.39. The maximum absolute atomic E-state index is 11.3. The van der Waals surface area contributed by atoms with Gasteiger partial charge in [-0.25, -0.2) is 4.79 Å². The Morgan fingerprint density at radius 1 is 1.35 bits per heavy atom. The van der Waals surface area contributed by atoms with E-state index in [1.807, 2.05) is 18.2 Å². The molecule has 20 heavy (non-hydrogen) atoms. The van der Waals surface area contributed by atoms with E-state index in [0.717, 1.165) is 30.8 Å². The third kappa shape index (κ3) is 2.32. The summed E-state index contributed by atoms with van der Waals surface area (Å²) in [4.78, 5) is 13.6. The second-order valence-electron chi connectivity index (χ2n) is 5.15. The van der Waals surface area contributed by atoms with Gasteiger partial charge in [0.1, 0.15) is 5.69 Å². The Balaban J connectivity index is 1.79. The minimum absolute atomic E-state index is 0.333. The molecule has 0 unspecified atom stereocenters. The molecule has 0 saturated carbocycles. The van der Waals surface area contributed by atoms with Gasteiger partial charge < -0.3 is 5.11 Å². The van der Waals surface area contributed by atoms with Gasteiger partial charge in [-0.05, 0) is 12.0 Å². The molecule has 0 spiro atoms. The molecule has 0 radical (unpaired) electrons. The van der Waals surface area contributed by atoms with Crippen molar-refractivity contribution in [3.8, 4) is 0 Å². The molecule has 0 saturated heterocycles. The van der Waals surface area contributed by atoms with Gasteiger partial charge in [0.25, 0.3) is 0 Å². The minimum Gasteiger partial charge on any atom is -0.477 e. The Morgan fingerprint density at radius 3 is 2.80 bits per heavy atom. The second-order valence-corrected chi connectivity index (χ2v) is 5.15. The van der Waals surface area contributed by atoms with Crippen molar-refractivity contribution < 1.29 is 9.90 Å². The molecule has 0 amide bonds. The topological polar surface area (TPSA) is 58.4 Å². The van der Waals surface area contributed by atoms with Gasteiger partial charge >= 0.3 is 5.97 Å². The average molecular weight is 271 g/mol. The van der Waals surface area contributed by atoms with E-state index in [1.165, 1.54) is 10.2 Å². The molecule has 0 aliphatic carbocycles. The van der Waals surface area contributed by atoms with E-state index in [4.69, 9.17) is 0 Å². The van der Waals surface area contributed by atoms with Gasteiger partial charge in [-0.2, -0.15) is 5.10 Å². The van der Waals surface area contributed by atoms with E-state index in [0.29, 0.717) is 12.2 Å². The number of aromatic carboxylic acids is 1. The number of rotatable bonds is 3. The van der Waals surface area contributed by atoms with Crippen LogP contribution in [0.15, 0.2) is 30.3 Å². The van der Waals surface area contributed by atoms with Gasteiger partial charge in [0.05, 0.1) is 5.69 Å². The molecule has 5 nitrogen and oxygen atoms in total. The standard InChI is InChI=1S/C15H17N3O2/c1-17-14(15(19)20)12-7-8-18(10-13(12)16-17)9-11-5-3-2-4-6-11/h2-6H,7-10H2,1H3,(H,19,20). The molecule has 0 bridgehead atoms. The van der Waals surface area contributed by atoms with E-state index in [1.54, 1.807) is 7.05 Å². The summed E-state index contributed by atoms with van der Waals surface area (Å²) in [5.74, 6) is -0.891. The molecule has 0 atom stereocenters. The van der Waals surface area contributed by atoms with E-state index in [-0.39, 0.29) is 0 Å². The van der Waals surface area contributed by atoms with Gasteiger partial charge in [-0.1, -0.05) is 30.3 Å². The largest absolute Gasteiger partial charge is 0.477 e. The van der Waals surface area contributed by atoms with Crippen LogP contribution < -0.4 is 0 Å². The number of aromatic nitrogens is 2. The summed E-state index contributed by atoms with van der Waals surface area (Å²) in [6.07, 6.45) is 0.748. The third-order valence-corrected chi connectivity index (χ3v) is 3.73. The van der Waals surface area contributed by atoms with Crippen molar-refractivity contribution in [3.05, 3.63) is 52.8 Å². The van der Waals surface area contributed by atoms with Gasteiger partial charge in [0.2, 0.25) is 0 Å². The van der Waals surface area contributed by atoms with Crippen molar-refractivity contribution in [3.63, 3.8) is 0 Å². The number of aryl methyl sites for hydroxylation is 1. The number of fused-ring (bicyclic) bond motifs is 1. The number of carboxylic acid groups (broad SMARTS) is 1. The van der Waals surface area contributed by atoms with E-state index < -0.39 is 5.97 Å². The smallest absolute Gasteiger partial charge is 0.354 e. The predicted octanol–water partition coefficient (Wildman–Crippen LogP) is 1.68. The van der Waals surface area contributed by atoms with Crippen LogP contribution in [-0.2, 0) is 26.6 Å². The first-order valence-electron chi connectivity index (χ1n) is 6.69. The Hall–Kier alpha value is -2.14. The zero-order chi connectivity index (χ0) is 14.1. The lowest BCUT2D eigenvalue weighted by Crippen LogP contribution is -2.30. The van der Waals surface area contributed by atoms with Gasteiger partial charge in [-0.15, -0.1) is 0 Å². The summed E-state index contributed by atoms with van der Waals surface area (Å²) >= 11 is 0. The van der Waals surface area contributed by atoms with Gasteiger partial charge in [-0.3, -0.25) is 9.58 Å². The Bertz CT molecular complexity index is 634. The van der Waals surface area contributed by atoms with Crippen LogP contribution in [0.25, 0.3) is 0 Å². The zero-order valence-electron chi connectivity index (χ0n) is 11.4. The monoisotopic (exact) mass is 271 g/mol. The fraction of sp³-hybridized carbons (Fsp3) is 0.333. The predicted molar refractivity (Wildman–Crippen MR) is 74.4 cm³/mol. The fourth-order valence-corrected chi connectivity index (χ4v) is 2.82. The average Bonchev–Trinajstić information content (AvgIpc) is 2.75. The van der Waals surface area contributed by atoms with Crippen LogP contribution in [-0.4, -0.2) is 32.3 Å². The summed E-state index contributed by atoms with van der Waals surface area (Å²) in [5, 5.41) is 13.6. The maximum atomic E-state index is 11.3. The van der Waals surface area contributed by atoms with Crippen LogP contribution in [0, 0.1) is 0 Å². The zero-order valence-corrected chi connectivity index (χ0v) is 11.4. The first-order chi connectivity index (χ1) is 9.65.